The van der Waals surface area contributed by atoms with Gasteiger partial charge in [0.25, 0.3) is 11.8 Å². The molecule has 2 aromatic carbocycles. The zero-order valence-corrected chi connectivity index (χ0v) is 31.0. The number of aliphatic carboxylic acids is 1. The number of carboxylic acid groups (broad SMARTS) is 1. The van der Waals surface area contributed by atoms with Crippen LogP contribution in [0.4, 0.5) is 15.8 Å². The molecule has 0 bridgehead atoms. The molecule has 3 atom stereocenters. The van der Waals surface area contributed by atoms with E-state index in [1.54, 1.807) is 29.2 Å². The minimum Gasteiger partial charge on any atom is -0.496 e. The Kier molecular flexibility index (Phi) is 11.4. The van der Waals surface area contributed by atoms with E-state index in [0.29, 0.717) is 58.7 Å². The van der Waals surface area contributed by atoms with Gasteiger partial charge < -0.3 is 34.7 Å². The molecule has 1 fully saturated rings. The Bertz CT molecular complexity index is 2040. The molecule has 0 radical (unpaired) electrons. The van der Waals surface area contributed by atoms with Gasteiger partial charge in [-0.15, -0.1) is 0 Å². The van der Waals surface area contributed by atoms with Crippen LogP contribution in [0.5, 0.6) is 5.75 Å². The summed E-state index contributed by atoms with van der Waals surface area (Å²) < 4.78 is 27.5. The summed E-state index contributed by atoms with van der Waals surface area (Å²) >= 11 is 6.92. The minimum atomic E-state index is -1.36. The first-order chi connectivity index (χ1) is 25.4. The van der Waals surface area contributed by atoms with Crippen molar-refractivity contribution in [2.75, 3.05) is 44.5 Å². The Morgan fingerprint density at radius 3 is 2.57 bits per heavy atom. The lowest BCUT2D eigenvalue weighted by Gasteiger charge is -2.38. The molecular weight excluding hydrogens is 705 g/mol. The third-order valence-corrected chi connectivity index (χ3v) is 10.5. The fourth-order valence-electron chi connectivity index (χ4n) is 6.97. The maximum atomic E-state index is 14.9. The van der Waals surface area contributed by atoms with Crippen molar-refractivity contribution >= 4 is 40.8 Å². The Morgan fingerprint density at radius 1 is 1.13 bits per heavy atom. The highest BCUT2D eigenvalue weighted by Gasteiger charge is 2.36. The monoisotopic (exact) mass is 747 g/mol. The molecule has 0 saturated carbocycles. The number of alkyl halides is 1. The molecule has 0 aliphatic carbocycles. The molecule has 0 unspecified atom stereocenters. The number of hydrogen-bond acceptors (Lipinski definition) is 9. The van der Waals surface area contributed by atoms with E-state index in [9.17, 15) is 23.9 Å². The second-order valence-electron chi connectivity index (χ2n) is 13.4. The van der Waals surface area contributed by atoms with Gasteiger partial charge in [0.15, 0.2) is 5.82 Å². The number of rotatable bonds is 11. The highest BCUT2D eigenvalue weighted by atomic mass is 35.5. The van der Waals surface area contributed by atoms with Gasteiger partial charge in [-0.3, -0.25) is 24.3 Å². The molecule has 3 N–H and O–H groups in total. The van der Waals surface area contributed by atoms with Crippen LogP contribution in [0.3, 0.4) is 0 Å². The summed E-state index contributed by atoms with van der Waals surface area (Å²) in [6.45, 7) is 5.19. The first-order valence-corrected chi connectivity index (χ1v) is 17.7. The van der Waals surface area contributed by atoms with Crippen LogP contribution in [-0.4, -0.2) is 99.4 Å². The Hall–Kier alpha value is -4.89. The molecule has 15 heteroatoms. The van der Waals surface area contributed by atoms with E-state index in [-0.39, 0.29) is 24.8 Å². The first-order valence-electron chi connectivity index (χ1n) is 17.3. The van der Waals surface area contributed by atoms with Crippen LogP contribution in [0.15, 0.2) is 48.7 Å². The largest absolute Gasteiger partial charge is 0.496 e. The van der Waals surface area contributed by atoms with E-state index in [1.807, 2.05) is 37.7 Å². The number of ether oxygens (including phenoxy) is 2. The average Bonchev–Trinajstić information content (AvgIpc) is 3.47. The van der Waals surface area contributed by atoms with Crippen molar-refractivity contribution in [2.45, 2.75) is 58.0 Å². The van der Waals surface area contributed by atoms with E-state index in [4.69, 9.17) is 21.1 Å². The van der Waals surface area contributed by atoms with Crippen LogP contribution in [0.1, 0.15) is 57.0 Å². The predicted octanol–water partition coefficient (Wildman–Crippen LogP) is 5.35. The number of amides is 2. The second kappa shape index (κ2) is 16.0. The van der Waals surface area contributed by atoms with Crippen molar-refractivity contribution in [2.24, 2.45) is 7.05 Å². The van der Waals surface area contributed by atoms with Crippen molar-refractivity contribution in [1.82, 2.24) is 24.3 Å². The van der Waals surface area contributed by atoms with Crippen molar-refractivity contribution in [3.05, 3.63) is 87.7 Å². The van der Waals surface area contributed by atoms with Crippen molar-refractivity contribution in [1.29, 1.82) is 0 Å². The van der Waals surface area contributed by atoms with Crippen LogP contribution in [-0.2, 0) is 36.1 Å². The van der Waals surface area contributed by atoms with Crippen LogP contribution < -0.4 is 15.4 Å². The number of halogens is 2. The lowest BCUT2D eigenvalue weighted by Crippen LogP contribution is -2.52. The maximum Gasteiger partial charge on any atom is 0.320 e. The zero-order chi connectivity index (χ0) is 38.0. The summed E-state index contributed by atoms with van der Waals surface area (Å²) in [6, 6.07) is 10.6. The minimum absolute atomic E-state index is 0.0411. The number of fused-ring (bicyclic) bond motifs is 1. The van der Waals surface area contributed by atoms with Crippen LogP contribution in [0.25, 0.3) is 11.1 Å². The average molecular weight is 748 g/mol. The molecule has 2 amide bonds. The van der Waals surface area contributed by atoms with Gasteiger partial charge in [0, 0.05) is 80.5 Å². The number of benzene rings is 2. The van der Waals surface area contributed by atoms with E-state index in [1.165, 1.54) is 26.3 Å². The van der Waals surface area contributed by atoms with Gasteiger partial charge in [-0.1, -0.05) is 35.9 Å². The van der Waals surface area contributed by atoms with Crippen LogP contribution in [0, 0.1) is 6.92 Å². The third-order valence-electron chi connectivity index (χ3n) is 10.1. The molecule has 53 heavy (non-hydrogen) atoms. The molecule has 4 aromatic rings. The fourth-order valence-corrected chi connectivity index (χ4v) is 7.24. The van der Waals surface area contributed by atoms with E-state index in [0.717, 1.165) is 35.5 Å². The standard InChI is InChI=1S/C38H43ClFN7O6/c1-21-24(25-9-7-11-28(34(25)39)44-37(49)35-42-30-19-45(3)14-12-32(30)46(35)4)8-6-10-27(21)43-36(48)29-16-33(52-5)23(17-41-29)18-47(22(2)38(50)51)31-13-15-53-20-26(31)40/h6-11,16-17,22,26,31H,12-15,18-20H2,1-5H3,(H,43,48)(H,44,49)(H,50,51)/t22-,26-,31+/m0/s1. The number of anilines is 2. The third kappa shape index (κ3) is 7.91. The number of likely N-dealkylation sites (N-methyl/N-ethyl adjacent to an activating group) is 1. The van der Waals surface area contributed by atoms with Gasteiger partial charge >= 0.3 is 5.97 Å². The fraction of sp³-hybridized carbons (Fsp3) is 0.395. The van der Waals surface area contributed by atoms with Crippen molar-refractivity contribution < 1.29 is 33.4 Å². The molecular formula is C38H43ClFN7O6. The quantitative estimate of drug-likeness (QED) is 0.183. The SMILES string of the molecule is COc1cc(C(=O)Nc2cccc(-c3cccc(NC(=O)c4nc5c(n4C)CCN(C)C5)c3Cl)c2C)ncc1CN([C@@H]1CCOC[C@@H]1F)[C@@H](C)C(=O)O. The first kappa shape index (κ1) is 37.9. The summed E-state index contributed by atoms with van der Waals surface area (Å²) in [5, 5.41) is 16.0. The summed E-state index contributed by atoms with van der Waals surface area (Å²) in [5.41, 5.74) is 5.57. The summed E-state index contributed by atoms with van der Waals surface area (Å²) in [7, 11) is 5.31. The number of carbonyl (C=O) groups is 3. The molecule has 1 saturated heterocycles. The van der Waals surface area contributed by atoms with Gasteiger partial charge in [-0.05, 0) is 50.6 Å². The van der Waals surface area contributed by atoms with E-state index in [2.05, 4.69) is 25.5 Å². The Morgan fingerprint density at radius 2 is 1.85 bits per heavy atom. The van der Waals surface area contributed by atoms with Gasteiger partial charge in [0.05, 0.1) is 30.1 Å². The molecule has 2 aliphatic heterocycles. The maximum absolute atomic E-state index is 14.9. The molecule has 2 aromatic heterocycles. The number of nitrogens with zero attached hydrogens (tertiary/aromatic N) is 5. The summed E-state index contributed by atoms with van der Waals surface area (Å²) in [4.78, 5) is 51.6. The van der Waals surface area contributed by atoms with E-state index >= 15 is 0 Å². The normalized spacial score (nSPS) is 18.0. The molecule has 13 nitrogen and oxygen atoms in total. The molecule has 2 aliphatic rings. The number of carbonyl (C=O) groups excluding carboxylic acids is 2. The summed E-state index contributed by atoms with van der Waals surface area (Å²) in [5.74, 6) is -1.34. The molecule has 280 valence electrons. The number of hydrogen-bond donors (Lipinski definition) is 3. The number of carboxylic acids is 1. The number of imidazole rings is 1. The second-order valence-corrected chi connectivity index (χ2v) is 13.8. The van der Waals surface area contributed by atoms with Gasteiger partial charge in [-0.2, -0.15) is 0 Å². The Balaban J connectivity index is 1.20. The van der Waals surface area contributed by atoms with E-state index < -0.39 is 30.1 Å². The number of pyridine rings is 1. The highest BCUT2D eigenvalue weighted by molar-refractivity contribution is 6.36. The van der Waals surface area contributed by atoms with Crippen LogP contribution in [0.2, 0.25) is 5.02 Å². The van der Waals surface area contributed by atoms with Crippen molar-refractivity contribution in [3.63, 3.8) is 0 Å². The lowest BCUT2D eigenvalue weighted by atomic mass is 9.98. The number of aromatic nitrogens is 3. The van der Waals surface area contributed by atoms with Gasteiger partial charge in [-0.25, -0.2) is 9.37 Å². The van der Waals surface area contributed by atoms with Crippen LogP contribution >= 0.6 is 11.6 Å². The lowest BCUT2D eigenvalue weighted by molar-refractivity contribution is -0.146. The number of nitrogens with one attached hydrogen (secondary N) is 2. The van der Waals surface area contributed by atoms with Crippen molar-refractivity contribution in [3.8, 4) is 16.9 Å². The Labute approximate surface area is 312 Å². The number of methoxy groups -OCH3 is 1. The molecule has 0 spiro atoms. The highest BCUT2D eigenvalue weighted by Crippen LogP contribution is 2.38. The topological polar surface area (TPSA) is 151 Å². The molecule has 4 heterocycles. The van der Waals surface area contributed by atoms with Gasteiger partial charge in [0.2, 0.25) is 0 Å². The molecule has 6 rings (SSSR count). The van der Waals surface area contributed by atoms with Gasteiger partial charge in [0.1, 0.15) is 23.7 Å². The smallest absolute Gasteiger partial charge is 0.320 e. The summed E-state index contributed by atoms with van der Waals surface area (Å²) in [6.07, 6.45) is 1.24. The predicted molar refractivity (Wildman–Crippen MR) is 198 cm³/mol. The zero-order valence-electron chi connectivity index (χ0n) is 30.3.